The van der Waals surface area contributed by atoms with Gasteiger partial charge in [0, 0.05) is 32.4 Å². The minimum Gasteiger partial charge on any atom is -0.478 e. The van der Waals surface area contributed by atoms with E-state index in [9.17, 15) is 4.79 Å². The number of aliphatic hydroxyl groups is 1. The second-order valence-corrected chi connectivity index (χ2v) is 5.11. The van der Waals surface area contributed by atoms with Crippen molar-refractivity contribution in [3.63, 3.8) is 0 Å². The fourth-order valence-electron chi connectivity index (χ4n) is 2.24. The molecule has 2 N–H and O–H groups in total. The Kier molecular flexibility index (Phi) is 6.06. The molecular formula is C17H20N2O3. The molecule has 0 aliphatic heterocycles. The van der Waals surface area contributed by atoms with Gasteiger partial charge in [-0.25, -0.2) is 4.79 Å². The molecule has 5 heteroatoms. The summed E-state index contributed by atoms with van der Waals surface area (Å²) in [7, 11) is 0. The number of nitrogens with zero attached hydrogens (tertiary/aromatic N) is 2. The van der Waals surface area contributed by atoms with Crippen LogP contribution in [0.5, 0.6) is 0 Å². The summed E-state index contributed by atoms with van der Waals surface area (Å²) in [5.41, 5.74) is 2.30. The maximum atomic E-state index is 10.9. The predicted molar refractivity (Wildman–Crippen MR) is 83.5 cm³/mol. The highest BCUT2D eigenvalue weighted by Gasteiger charge is 2.09. The molecule has 0 saturated heterocycles. The number of pyridine rings is 1. The number of benzene rings is 1. The van der Waals surface area contributed by atoms with Gasteiger partial charge >= 0.3 is 5.97 Å². The van der Waals surface area contributed by atoms with Crippen molar-refractivity contribution < 1.29 is 15.0 Å². The number of carbonyl (C=O) groups is 1. The smallest absolute Gasteiger partial charge is 0.335 e. The standard InChI is InChI=1S/C17H20N2O3/c20-11-3-10-19(13-16-4-1-2-9-18-16)12-14-5-7-15(8-6-14)17(21)22/h1-2,4-9,20H,3,10-13H2,(H,21,22). The molecule has 0 aliphatic carbocycles. The van der Waals surface area contributed by atoms with E-state index in [1.54, 1.807) is 18.3 Å². The van der Waals surface area contributed by atoms with E-state index in [2.05, 4.69) is 9.88 Å². The van der Waals surface area contributed by atoms with Crippen LogP contribution < -0.4 is 0 Å². The van der Waals surface area contributed by atoms with Crippen LogP contribution in [0.25, 0.3) is 0 Å². The van der Waals surface area contributed by atoms with Crippen molar-refractivity contribution in [3.8, 4) is 0 Å². The van der Waals surface area contributed by atoms with Gasteiger partial charge in [0.25, 0.3) is 0 Å². The lowest BCUT2D eigenvalue weighted by Crippen LogP contribution is -2.25. The predicted octanol–water partition coefficient (Wildman–Crippen LogP) is 2.16. The summed E-state index contributed by atoms with van der Waals surface area (Å²) in [6.45, 7) is 2.29. The van der Waals surface area contributed by atoms with E-state index in [1.165, 1.54) is 0 Å². The van der Waals surface area contributed by atoms with Gasteiger partial charge in [-0.1, -0.05) is 18.2 Å². The molecule has 0 spiro atoms. The molecule has 0 amide bonds. The van der Waals surface area contributed by atoms with Crippen molar-refractivity contribution in [2.75, 3.05) is 13.2 Å². The molecule has 0 unspecified atom stereocenters. The Morgan fingerprint density at radius 3 is 2.45 bits per heavy atom. The summed E-state index contributed by atoms with van der Waals surface area (Å²) in [6, 6.07) is 12.7. The average Bonchev–Trinajstić information content (AvgIpc) is 2.54. The third-order valence-corrected chi connectivity index (χ3v) is 3.35. The third-order valence-electron chi connectivity index (χ3n) is 3.35. The molecule has 5 nitrogen and oxygen atoms in total. The van der Waals surface area contributed by atoms with Gasteiger partial charge in [-0.3, -0.25) is 9.88 Å². The number of hydrogen-bond donors (Lipinski definition) is 2. The molecule has 0 bridgehead atoms. The summed E-state index contributed by atoms with van der Waals surface area (Å²) >= 11 is 0. The maximum absolute atomic E-state index is 10.9. The quantitative estimate of drug-likeness (QED) is 0.781. The molecule has 1 heterocycles. The van der Waals surface area contributed by atoms with Crippen molar-refractivity contribution in [1.29, 1.82) is 0 Å². The summed E-state index contributed by atoms with van der Waals surface area (Å²) in [5.74, 6) is -0.919. The monoisotopic (exact) mass is 300 g/mol. The van der Waals surface area contributed by atoms with Crippen LogP contribution in [0, 0.1) is 0 Å². The Balaban J connectivity index is 2.03. The van der Waals surface area contributed by atoms with Crippen molar-refractivity contribution in [3.05, 3.63) is 65.5 Å². The number of aliphatic hydroxyl groups excluding tert-OH is 1. The van der Waals surface area contributed by atoms with Gasteiger partial charge in [0.05, 0.1) is 11.3 Å². The highest BCUT2D eigenvalue weighted by Crippen LogP contribution is 2.11. The number of carboxylic acid groups (broad SMARTS) is 1. The normalized spacial score (nSPS) is 10.8. The first kappa shape index (κ1) is 16.1. The van der Waals surface area contributed by atoms with E-state index in [4.69, 9.17) is 10.2 Å². The van der Waals surface area contributed by atoms with E-state index < -0.39 is 5.97 Å². The average molecular weight is 300 g/mol. The topological polar surface area (TPSA) is 73.7 Å². The van der Waals surface area contributed by atoms with E-state index in [0.717, 1.165) is 17.8 Å². The third kappa shape index (κ3) is 4.95. The number of aromatic nitrogens is 1. The van der Waals surface area contributed by atoms with Crippen LogP contribution in [0.4, 0.5) is 0 Å². The Morgan fingerprint density at radius 2 is 1.86 bits per heavy atom. The molecule has 1 aromatic heterocycles. The number of aromatic carboxylic acids is 1. The van der Waals surface area contributed by atoms with Gasteiger partial charge in [-0.2, -0.15) is 0 Å². The molecule has 0 aliphatic rings. The summed E-state index contributed by atoms with van der Waals surface area (Å²) in [5, 5.41) is 18.0. The maximum Gasteiger partial charge on any atom is 0.335 e. The van der Waals surface area contributed by atoms with Crippen LogP contribution in [-0.2, 0) is 13.1 Å². The molecule has 0 radical (unpaired) electrons. The van der Waals surface area contributed by atoms with Gasteiger partial charge in [-0.05, 0) is 36.2 Å². The molecule has 2 aromatic rings. The fourth-order valence-corrected chi connectivity index (χ4v) is 2.24. The zero-order valence-corrected chi connectivity index (χ0v) is 12.4. The lowest BCUT2D eigenvalue weighted by molar-refractivity contribution is 0.0697. The minimum atomic E-state index is -0.919. The first-order valence-electron chi connectivity index (χ1n) is 7.24. The second kappa shape index (κ2) is 8.26. The van der Waals surface area contributed by atoms with Crippen molar-refractivity contribution >= 4 is 5.97 Å². The van der Waals surface area contributed by atoms with E-state index in [-0.39, 0.29) is 12.2 Å². The van der Waals surface area contributed by atoms with Gasteiger partial charge < -0.3 is 10.2 Å². The molecule has 0 saturated carbocycles. The Bertz CT molecular complexity index is 585. The van der Waals surface area contributed by atoms with Crippen LogP contribution in [-0.4, -0.2) is 39.2 Å². The molecule has 2 rings (SSSR count). The number of carboxylic acids is 1. The van der Waals surface area contributed by atoms with Crippen molar-refractivity contribution in [1.82, 2.24) is 9.88 Å². The molecule has 0 atom stereocenters. The lowest BCUT2D eigenvalue weighted by Gasteiger charge is -2.21. The van der Waals surface area contributed by atoms with Crippen molar-refractivity contribution in [2.24, 2.45) is 0 Å². The fraction of sp³-hybridized carbons (Fsp3) is 0.294. The number of rotatable bonds is 8. The van der Waals surface area contributed by atoms with Crippen molar-refractivity contribution in [2.45, 2.75) is 19.5 Å². The SMILES string of the molecule is O=C(O)c1ccc(CN(CCCO)Cc2ccccn2)cc1. The van der Waals surface area contributed by atoms with Crippen LogP contribution in [0.1, 0.15) is 28.0 Å². The molecule has 22 heavy (non-hydrogen) atoms. The Hall–Kier alpha value is -2.24. The minimum absolute atomic E-state index is 0.149. The molecule has 116 valence electrons. The van der Waals surface area contributed by atoms with E-state index >= 15 is 0 Å². The highest BCUT2D eigenvalue weighted by molar-refractivity contribution is 5.87. The van der Waals surface area contributed by atoms with Gasteiger partial charge in [0.2, 0.25) is 0 Å². The summed E-state index contributed by atoms with van der Waals surface area (Å²) in [4.78, 5) is 17.4. The van der Waals surface area contributed by atoms with Gasteiger partial charge in [0.15, 0.2) is 0 Å². The zero-order valence-electron chi connectivity index (χ0n) is 12.4. The van der Waals surface area contributed by atoms with Crippen LogP contribution in [0.3, 0.4) is 0 Å². The second-order valence-electron chi connectivity index (χ2n) is 5.11. The number of hydrogen-bond acceptors (Lipinski definition) is 4. The molecular weight excluding hydrogens is 280 g/mol. The summed E-state index contributed by atoms with van der Waals surface area (Å²) < 4.78 is 0. The summed E-state index contributed by atoms with van der Waals surface area (Å²) in [6.07, 6.45) is 2.46. The van der Waals surface area contributed by atoms with Crippen LogP contribution in [0.2, 0.25) is 0 Å². The van der Waals surface area contributed by atoms with Gasteiger partial charge in [-0.15, -0.1) is 0 Å². The van der Waals surface area contributed by atoms with Crippen LogP contribution >= 0.6 is 0 Å². The van der Waals surface area contributed by atoms with Gasteiger partial charge in [0.1, 0.15) is 0 Å². The van der Waals surface area contributed by atoms with E-state index in [1.807, 2.05) is 30.3 Å². The van der Waals surface area contributed by atoms with E-state index in [0.29, 0.717) is 19.5 Å². The first-order chi connectivity index (χ1) is 10.7. The highest BCUT2D eigenvalue weighted by atomic mass is 16.4. The Labute approximate surface area is 129 Å². The zero-order chi connectivity index (χ0) is 15.8. The largest absolute Gasteiger partial charge is 0.478 e. The first-order valence-corrected chi connectivity index (χ1v) is 7.24. The Morgan fingerprint density at radius 1 is 1.09 bits per heavy atom. The molecule has 0 fully saturated rings. The van der Waals surface area contributed by atoms with Crippen LogP contribution in [0.15, 0.2) is 48.7 Å². The molecule has 1 aromatic carbocycles. The lowest BCUT2D eigenvalue weighted by atomic mass is 10.1.